The fourth-order valence-corrected chi connectivity index (χ4v) is 1.86. The molecular weight excluding hydrogens is 198 g/mol. The molecule has 0 aliphatic heterocycles. The van der Waals surface area contributed by atoms with Gasteiger partial charge >= 0.3 is 0 Å². The molecule has 0 aromatic heterocycles. The Labute approximate surface area is 98.9 Å². The van der Waals surface area contributed by atoms with Crippen LogP contribution in [0.3, 0.4) is 0 Å². The topological polar surface area (TPSA) is 23.5 Å². The van der Waals surface area contributed by atoms with Gasteiger partial charge in [0.1, 0.15) is 5.75 Å². The lowest BCUT2D eigenvalue weighted by atomic mass is 9.84. The number of hydrogen-bond donors (Lipinski definition) is 1. The van der Waals surface area contributed by atoms with E-state index in [4.69, 9.17) is 0 Å². The standard InChI is InChI=1S/C14H23NO/c1-10-7-8-12(14(2,3)4)13(16)11(10)9-15(5)6/h7-8,16H,9H2,1-6H3. The van der Waals surface area contributed by atoms with E-state index >= 15 is 0 Å². The highest BCUT2D eigenvalue weighted by atomic mass is 16.3. The lowest BCUT2D eigenvalue weighted by molar-refractivity contribution is 0.379. The maximum Gasteiger partial charge on any atom is 0.124 e. The van der Waals surface area contributed by atoms with Crippen LogP contribution in [-0.4, -0.2) is 24.1 Å². The Hall–Kier alpha value is -1.02. The Morgan fingerprint density at radius 1 is 1.19 bits per heavy atom. The van der Waals surface area contributed by atoms with Crippen molar-refractivity contribution in [1.29, 1.82) is 0 Å². The summed E-state index contributed by atoms with van der Waals surface area (Å²) in [5, 5.41) is 10.3. The normalized spacial score (nSPS) is 12.2. The zero-order valence-corrected chi connectivity index (χ0v) is 11.3. The highest BCUT2D eigenvalue weighted by molar-refractivity contribution is 5.47. The van der Waals surface area contributed by atoms with Crippen molar-refractivity contribution >= 4 is 0 Å². The maximum absolute atomic E-state index is 10.3. The predicted molar refractivity (Wildman–Crippen MR) is 68.9 cm³/mol. The van der Waals surface area contributed by atoms with Crippen LogP contribution in [0.2, 0.25) is 0 Å². The molecule has 0 fully saturated rings. The zero-order chi connectivity index (χ0) is 12.5. The van der Waals surface area contributed by atoms with Crippen molar-refractivity contribution in [2.75, 3.05) is 14.1 Å². The average Bonchev–Trinajstić information content (AvgIpc) is 2.09. The van der Waals surface area contributed by atoms with E-state index in [9.17, 15) is 5.11 Å². The highest BCUT2D eigenvalue weighted by Crippen LogP contribution is 2.35. The molecule has 1 aromatic carbocycles. The second-order valence-electron chi connectivity index (χ2n) is 5.74. The summed E-state index contributed by atoms with van der Waals surface area (Å²) >= 11 is 0. The van der Waals surface area contributed by atoms with E-state index in [-0.39, 0.29) is 5.41 Å². The van der Waals surface area contributed by atoms with Crippen LogP contribution in [0.15, 0.2) is 12.1 Å². The van der Waals surface area contributed by atoms with Crippen LogP contribution in [0.1, 0.15) is 37.5 Å². The predicted octanol–water partition coefficient (Wildman–Crippen LogP) is 3.06. The van der Waals surface area contributed by atoms with Crippen LogP contribution in [0, 0.1) is 6.92 Å². The molecule has 0 saturated heterocycles. The molecule has 90 valence electrons. The molecule has 0 atom stereocenters. The molecular formula is C14H23NO. The average molecular weight is 221 g/mol. The first-order chi connectivity index (χ1) is 7.23. The molecule has 0 aliphatic rings. The third-order valence-electron chi connectivity index (χ3n) is 2.80. The second kappa shape index (κ2) is 4.46. The van der Waals surface area contributed by atoms with Gasteiger partial charge in [0.2, 0.25) is 0 Å². The van der Waals surface area contributed by atoms with Gasteiger partial charge in [-0.25, -0.2) is 0 Å². The number of benzene rings is 1. The Bertz CT molecular complexity index is 375. The van der Waals surface area contributed by atoms with Gasteiger partial charge in [-0.15, -0.1) is 0 Å². The fourth-order valence-electron chi connectivity index (χ4n) is 1.86. The van der Waals surface area contributed by atoms with E-state index in [0.29, 0.717) is 5.75 Å². The fraction of sp³-hybridized carbons (Fsp3) is 0.571. The van der Waals surface area contributed by atoms with Crippen molar-refractivity contribution in [1.82, 2.24) is 4.90 Å². The van der Waals surface area contributed by atoms with Gasteiger partial charge in [-0.3, -0.25) is 0 Å². The van der Waals surface area contributed by atoms with Gasteiger partial charge in [0.05, 0.1) is 0 Å². The first-order valence-corrected chi connectivity index (χ1v) is 5.70. The number of rotatable bonds is 2. The second-order valence-corrected chi connectivity index (χ2v) is 5.74. The van der Waals surface area contributed by atoms with Gasteiger partial charge in [0.25, 0.3) is 0 Å². The van der Waals surface area contributed by atoms with Crippen LogP contribution in [-0.2, 0) is 12.0 Å². The molecule has 0 radical (unpaired) electrons. The zero-order valence-electron chi connectivity index (χ0n) is 11.3. The number of aromatic hydroxyl groups is 1. The molecule has 1 aromatic rings. The summed E-state index contributed by atoms with van der Waals surface area (Å²) in [7, 11) is 4.03. The summed E-state index contributed by atoms with van der Waals surface area (Å²) in [5.74, 6) is 0.459. The number of hydrogen-bond acceptors (Lipinski definition) is 2. The minimum absolute atomic E-state index is 0.0150. The molecule has 0 amide bonds. The van der Waals surface area contributed by atoms with E-state index in [1.54, 1.807) is 0 Å². The van der Waals surface area contributed by atoms with E-state index in [0.717, 1.165) is 23.2 Å². The van der Waals surface area contributed by atoms with Gasteiger partial charge in [-0.05, 0) is 37.6 Å². The van der Waals surface area contributed by atoms with E-state index in [1.807, 2.05) is 27.1 Å². The van der Waals surface area contributed by atoms with Crippen molar-refractivity contribution in [2.45, 2.75) is 39.7 Å². The molecule has 0 saturated carbocycles. The van der Waals surface area contributed by atoms with Crippen LogP contribution in [0.5, 0.6) is 5.75 Å². The highest BCUT2D eigenvalue weighted by Gasteiger charge is 2.21. The monoisotopic (exact) mass is 221 g/mol. The molecule has 0 heterocycles. The number of aryl methyl sites for hydroxylation is 1. The number of phenols is 1. The van der Waals surface area contributed by atoms with Crippen LogP contribution in [0.4, 0.5) is 0 Å². The van der Waals surface area contributed by atoms with Crippen molar-refractivity contribution in [3.63, 3.8) is 0 Å². The molecule has 2 nitrogen and oxygen atoms in total. The lowest BCUT2D eigenvalue weighted by Crippen LogP contribution is -2.16. The summed E-state index contributed by atoms with van der Waals surface area (Å²) in [5.41, 5.74) is 3.20. The molecule has 0 spiro atoms. The molecule has 1 rings (SSSR count). The third-order valence-corrected chi connectivity index (χ3v) is 2.80. The third kappa shape index (κ3) is 2.76. The molecule has 0 aliphatic carbocycles. The summed E-state index contributed by atoms with van der Waals surface area (Å²) < 4.78 is 0. The number of phenolic OH excluding ortho intramolecular Hbond substituents is 1. The summed E-state index contributed by atoms with van der Waals surface area (Å²) in [6.45, 7) is 9.19. The Kier molecular flexibility index (Phi) is 3.64. The summed E-state index contributed by atoms with van der Waals surface area (Å²) in [6, 6.07) is 4.13. The van der Waals surface area contributed by atoms with Crippen molar-refractivity contribution < 1.29 is 5.11 Å². The smallest absolute Gasteiger partial charge is 0.124 e. The minimum atomic E-state index is -0.0150. The molecule has 1 N–H and O–H groups in total. The Morgan fingerprint density at radius 2 is 1.75 bits per heavy atom. The van der Waals surface area contributed by atoms with Gasteiger partial charge in [0.15, 0.2) is 0 Å². The molecule has 0 bridgehead atoms. The van der Waals surface area contributed by atoms with Gasteiger partial charge in [-0.2, -0.15) is 0 Å². The molecule has 2 heteroatoms. The van der Waals surface area contributed by atoms with Gasteiger partial charge < -0.3 is 10.0 Å². The molecule has 0 unspecified atom stereocenters. The number of nitrogens with zero attached hydrogens (tertiary/aromatic N) is 1. The maximum atomic E-state index is 10.3. The van der Waals surface area contributed by atoms with E-state index in [1.165, 1.54) is 0 Å². The Morgan fingerprint density at radius 3 is 2.19 bits per heavy atom. The minimum Gasteiger partial charge on any atom is -0.507 e. The van der Waals surface area contributed by atoms with Crippen LogP contribution >= 0.6 is 0 Å². The Balaban J connectivity index is 3.27. The van der Waals surface area contributed by atoms with Gasteiger partial charge in [0, 0.05) is 12.1 Å². The quantitative estimate of drug-likeness (QED) is 0.829. The summed E-state index contributed by atoms with van der Waals surface area (Å²) in [6.07, 6.45) is 0. The van der Waals surface area contributed by atoms with E-state index in [2.05, 4.69) is 31.7 Å². The van der Waals surface area contributed by atoms with Crippen LogP contribution < -0.4 is 0 Å². The van der Waals surface area contributed by atoms with Crippen LogP contribution in [0.25, 0.3) is 0 Å². The first kappa shape index (κ1) is 13.0. The van der Waals surface area contributed by atoms with Crippen molar-refractivity contribution in [2.24, 2.45) is 0 Å². The first-order valence-electron chi connectivity index (χ1n) is 5.70. The summed E-state index contributed by atoms with van der Waals surface area (Å²) in [4.78, 5) is 2.08. The largest absolute Gasteiger partial charge is 0.507 e. The van der Waals surface area contributed by atoms with Crippen molar-refractivity contribution in [3.8, 4) is 5.75 Å². The van der Waals surface area contributed by atoms with Gasteiger partial charge in [-0.1, -0.05) is 32.9 Å². The van der Waals surface area contributed by atoms with Crippen molar-refractivity contribution in [3.05, 3.63) is 28.8 Å². The molecule has 16 heavy (non-hydrogen) atoms. The van der Waals surface area contributed by atoms with E-state index < -0.39 is 0 Å². The lowest BCUT2D eigenvalue weighted by Gasteiger charge is -2.24. The SMILES string of the molecule is Cc1ccc(C(C)(C)C)c(O)c1CN(C)C.